The van der Waals surface area contributed by atoms with E-state index in [0.717, 1.165) is 6.07 Å². The molecule has 11 heavy (non-hydrogen) atoms. The Labute approximate surface area is 106 Å². The number of carbonyl (C=O) groups is 1. The molecule has 1 aromatic rings. The average molecular weight is 173 g/mol. The van der Waals surface area contributed by atoms with Gasteiger partial charge >= 0.3 is 59.1 Å². The van der Waals surface area contributed by atoms with Crippen LogP contribution in [0.3, 0.4) is 0 Å². The Balaban J connectivity index is 0. The third-order valence-corrected chi connectivity index (χ3v) is 0.698. The van der Waals surface area contributed by atoms with E-state index in [1.807, 2.05) is 0 Å². The molecule has 0 aliphatic carbocycles. The van der Waals surface area contributed by atoms with Crippen molar-refractivity contribution >= 4 is 5.97 Å². The SMILES string of the molecule is O=C([O-])c1cc([O-])on1.[Na+].[Na+]. The number of rotatable bonds is 1. The van der Waals surface area contributed by atoms with E-state index in [0.29, 0.717) is 0 Å². The maximum atomic E-state index is 10.1. The molecule has 0 aromatic carbocycles. The molecule has 5 nitrogen and oxygen atoms in total. The predicted molar refractivity (Wildman–Crippen MR) is 20.3 cm³/mol. The third-order valence-electron chi connectivity index (χ3n) is 0.698. The quantitative estimate of drug-likeness (QED) is 0.393. The summed E-state index contributed by atoms with van der Waals surface area (Å²) in [5.74, 6) is -2.30. The molecule has 0 amide bonds. The second-order valence-electron chi connectivity index (χ2n) is 1.32. The molecule has 0 fully saturated rings. The van der Waals surface area contributed by atoms with E-state index in [-0.39, 0.29) is 59.1 Å². The van der Waals surface area contributed by atoms with E-state index in [9.17, 15) is 15.0 Å². The molecule has 0 unspecified atom stereocenters. The van der Waals surface area contributed by atoms with Crippen molar-refractivity contribution in [2.75, 3.05) is 0 Å². The molecule has 1 rings (SSSR count). The van der Waals surface area contributed by atoms with Crippen molar-refractivity contribution in [2.45, 2.75) is 0 Å². The summed E-state index contributed by atoms with van der Waals surface area (Å²) in [4.78, 5) is 9.84. The van der Waals surface area contributed by atoms with Crippen LogP contribution in [0.25, 0.3) is 0 Å². The Morgan fingerprint density at radius 3 is 2.27 bits per heavy atom. The van der Waals surface area contributed by atoms with Gasteiger partial charge in [0.15, 0.2) is 0 Å². The standard InChI is InChI=1S/C4H3NO4.2Na/c6-3-1-2(4(7)8)5-9-3;;/h1,6H,(H,7,8);;/q;2*+1/p-2. The molecule has 0 saturated carbocycles. The van der Waals surface area contributed by atoms with Gasteiger partial charge in [0, 0.05) is 0 Å². The molecule has 1 aromatic heterocycles. The topological polar surface area (TPSA) is 89.2 Å². The van der Waals surface area contributed by atoms with Gasteiger partial charge in [-0.1, -0.05) is 0 Å². The van der Waals surface area contributed by atoms with Gasteiger partial charge in [-0.15, -0.1) is 0 Å². The number of nitrogens with zero attached hydrogens (tertiary/aromatic N) is 1. The third kappa shape index (κ3) is 4.15. The molecule has 0 bridgehead atoms. The van der Waals surface area contributed by atoms with Crippen LogP contribution >= 0.6 is 0 Å². The minimum Gasteiger partial charge on any atom is -0.544 e. The van der Waals surface area contributed by atoms with Gasteiger partial charge in [-0.2, -0.15) is 5.16 Å². The van der Waals surface area contributed by atoms with Crippen LogP contribution in [-0.2, 0) is 0 Å². The molecule has 0 N–H and O–H groups in total. The Kier molecular flexibility index (Phi) is 7.71. The smallest absolute Gasteiger partial charge is 0.544 e. The van der Waals surface area contributed by atoms with E-state index >= 15 is 0 Å². The van der Waals surface area contributed by atoms with Gasteiger partial charge in [0.1, 0.15) is 5.69 Å². The van der Waals surface area contributed by atoms with Gasteiger partial charge in [0.2, 0.25) is 0 Å². The van der Waals surface area contributed by atoms with Crippen molar-refractivity contribution in [2.24, 2.45) is 0 Å². The van der Waals surface area contributed by atoms with Crippen LogP contribution in [0.5, 0.6) is 5.95 Å². The molecule has 0 atom stereocenters. The molecule has 0 spiro atoms. The number of carbonyl (C=O) groups excluding carboxylic acids is 1. The van der Waals surface area contributed by atoms with E-state index in [4.69, 9.17) is 0 Å². The van der Waals surface area contributed by atoms with Crippen LogP contribution in [0.15, 0.2) is 10.6 Å². The molecule has 48 valence electrons. The Bertz CT molecular complexity index is 236. The first-order valence-electron chi connectivity index (χ1n) is 2.05. The van der Waals surface area contributed by atoms with E-state index in [2.05, 4.69) is 9.68 Å². The van der Waals surface area contributed by atoms with Crippen molar-refractivity contribution in [1.82, 2.24) is 5.16 Å². The largest absolute Gasteiger partial charge is 1.00 e. The first-order valence-corrected chi connectivity index (χ1v) is 2.05. The Morgan fingerprint density at radius 1 is 1.55 bits per heavy atom. The summed E-state index contributed by atoms with van der Waals surface area (Å²) in [6, 6.07) is 0.745. The number of hydrogen-bond donors (Lipinski definition) is 0. The minimum absolute atomic E-state index is 0. The maximum Gasteiger partial charge on any atom is 1.00 e. The maximum absolute atomic E-state index is 10.1. The summed E-state index contributed by atoms with van der Waals surface area (Å²) < 4.78 is 3.90. The number of carboxylic acids is 1. The van der Waals surface area contributed by atoms with E-state index < -0.39 is 17.6 Å². The van der Waals surface area contributed by atoms with Gasteiger partial charge in [0.05, 0.1) is 11.9 Å². The zero-order valence-electron chi connectivity index (χ0n) is 6.16. The van der Waals surface area contributed by atoms with Gasteiger partial charge in [-0.3, -0.25) is 0 Å². The summed E-state index contributed by atoms with van der Waals surface area (Å²) in [7, 11) is 0. The van der Waals surface area contributed by atoms with Crippen LogP contribution in [0, 0.1) is 0 Å². The molecule has 1 heterocycles. The summed E-state index contributed by atoms with van der Waals surface area (Å²) in [5, 5.41) is 22.8. The molecular weight excluding hydrogens is 172 g/mol. The first-order chi connectivity index (χ1) is 4.20. The number of carboxylic acid groups (broad SMARTS) is 1. The molecule has 0 radical (unpaired) electrons. The summed E-state index contributed by atoms with van der Waals surface area (Å²) in [6.07, 6.45) is 0. The fourth-order valence-electron chi connectivity index (χ4n) is 0.355. The van der Waals surface area contributed by atoms with Crippen molar-refractivity contribution < 1.29 is 78.6 Å². The Hall–Kier alpha value is 0.480. The first kappa shape index (κ1) is 14.0. The zero-order valence-corrected chi connectivity index (χ0v) is 10.2. The molecule has 0 saturated heterocycles. The van der Waals surface area contributed by atoms with Crippen LogP contribution in [0.1, 0.15) is 10.5 Å². The van der Waals surface area contributed by atoms with Gasteiger partial charge < -0.3 is 19.5 Å². The second-order valence-corrected chi connectivity index (χ2v) is 1.32. The number of hydrogen-bond acceptors (Lipinski definition) is 5. The second kappa shape index (κ2) is 6.05. The zero-order chi connectivity index (χ0) is 6.85. The predicted octanol–water partition coefficient (Wildman–Crippen LogP) is -7.88. The van der Waals surface area contributed by atoms with Gasteiger partial charge in [-0.05, 0) is 6.07 Å². The minimum atomic E-state index is -1.51. The Morgan fingerprint density at radius 2 is 2.09 bits per heavy atom. The fraction of sp³-hybridized carbons (Fsp3) is 0. The molecule has 0 aliphatic rings. The summed E-state index contributed by atoms with van der Waals surface area (Å²) in [5.41, 5.74) is -0.472. The molecule has 0 aliphatic heterocycles. The van der Waals surface area contributed by atoms with Gasteiger partial charge in [0.25, 0.3) is 0 Å². The molecular formula is C4HNNa2O4. The number of aromatic nitrogens is 1. The van der Waals surface area contributed by atoms with Crippen molar-refractivity contribution in [3.05, 3.63) is 11.8 Å². The van der Waals surface area contributed by atoms with Crippen LogP contribution < -0.4 is 69.3 Å². The molecule has 7 heteroatoms. The van der Waals surface area contributed by atoms with Crippen LogP contribution in [0.4, 0.5) is 0 Å². The van der Waals surface area contributed by atoms with Crippen molar-refractivity contribution in [3.63, 3.8) is 0 Å². The average Bonchev–Trinajstić information content (AvgIpc) is 2.14. The van der Waals surface area contributed by atoms with E-state index in [1.165, 1.54) is 0 Å². The van der Waals surface area contributed by atoms with Crippen LogP contribution in [0.2, 0.25) is 0 Å². The fourth-order valence-corrected chi connectivity index (χ4v) is 0.355. The monoisotopic (exact) mass is 173 g/mol. The summed E-state index contributed by atoms with van der Waals surface area (Å²) in [6.45, 7) is 0. The van der Waals surface area contributed by atoms with E-state index in [1.54, 1.807) is 0 Å². The number of aromatic carboxylic acids is 1. The van der Waals surface area contributed by atoms with Crippen molar-refractivity contribution in [3.8, 4) is 5.95 Å². The summed E-state index contributed by atoms with van der Waals surface area (Å²) >= 11 is 0. The normalized spacial score (nSPS) is 7.64. The van der Waals surface area contributed by atoms with Crippen LogP contribution in [-0.4, -0.2) is 11.1 Å². The van der Waals surface area contributed by atoms with Crippen molar-refractivity contribution in [1.29, 1.82) is 0 Å². The van der Waals surface area contributed by atoms with Gasteiger partial charge in [-0.25, -0.2) is 0 Å².